The maximum Gasteiger partial charge on any atom is 0.226 e. The van der Waals surface area contributed by atoms with E-state index in [1.807, 2.05) is 25.7 Å². The zero-order valence-corrected chi connectivity index (χ0v) is 13.0. The Bertz CT molecular complexity index is 331. The van der Waals surface area contributed by atoms with Gasteiger partial charge in [0.15, 0.2) is 0 Å². The highest BCUT2D eigenvalue weighted by atomic mass is 16.2. The summed E-state index contributed by atoms with van der Waals surface area (Å²) < 4.78 is 0. The molecule has 1 rings (SSSR count). The van der Waals surface area contributed by atoms with Gasteiger partial charge < -0.3 is 16.0 Å². The molecule has 0 aromatic heterocycles. The Balaban J connectivity index is 2.42. The van der Waals surface area contributed by atoms with Crippen molar-refractivity contribution in [2.45, 2.75) is 52.5 Å². The highest BCUT2D eigenvalue weighted by Crippen LogP contribution is 2.18. The van der Waals surface area contributed by atoms with Crippen molar-refractivity contribution < 1.29 is 9.59 Å². The van der Waals surface area contributed by atoms with E-state index in [1.54, 1.807) is 0 Å². The van der Waals surface area contributed by atoms with Gasteiger partial charge in [-0.05, 0) is 32.1 Å². The minimum Gasteiger partial charge on any atom is -0.356 e. The molecule has 0 radical (unpaired) electrons. The molecule has 1 aliphatic heterocycles. The molecule has 20 heavy (non-hydrogen) atoms. The van der Waals surface area contributed by atoms with Crippen LogP contribution in [-0.4, -0.2) is 42.4 Å². The monoisotopic (exact) mass is 283 g/mol. The Kier molecular flexibility index (Phi) is 6.99. The van der Waals surface area contributed by atoms with E-state index in [-0.39, 0.29) is 23.8 Å². The molecular formula is C15H29N3O2. The first-order chi connectivity index (χ1) is 9.45. The van der Waals surface area contributed by atoms with Crippen molar-refractivity contribution in [3.8, 4) is 0 Å². The van der Waals surface area contributed by atoms with Crippen molar-refractivity contribution in [3.05, 3.63) is 0 Å². The lowest BCUT2D eigenvalue weighted by Gasteiger charge is -2.35. The molecule has 0 aliphatic carbocycles. The lowest BCUT2D eigenvalue weighted by atomic mass is 9.95. The number of amides is 2. The number of nitrogens with one attached hydrogen (secondary N) is 1. The van der Waals surface area contributed by atoms with Gasteiger partial charge in [-0.15, -0.1) is 0 Å². The minimum atomic E-state index is -0.136. The molecule has 3 N–H and O–H groups in total. The van der Waals surface area contributed by atoms with Crippen molar-refractivity contribution in [1.29, 1.82) is 0 Å². The summed E-state index contributed by atoms with van der Waals surface area (Å²) >= 11 is 0. The number of nitrogens with two attached hydrogens (primary N) is 1. The maximum absolute atomic E-state index is 12.3. The molecule has 0 aromatic carbocycles. The first-order valence-electron chi connectivity index (χ1n) is 7.76. The van der Waals surface area contributed by atoms with Gasteiger partial charge in [-0.3, -0.25) is 9.59 Å². The third kappa shape index (κ3) is 5.12. The lowest BCUT2D eigenvalue weighted by Crippen LogP contribution is -2.48. The third-order valence-electron chi connectivity index (χ3n) is 4.07. The molecule has 1 fully saturated rings. The molecule has 0 spiro atoms. The summed E-state index contributed by atoms with van der Waals surface area (Å²) in [5.41, 5.74) is 5.81. The van der Waals surface area contributed by atoms with E-state index in [0.29, 0.717) is 18.9 Å². The molecule has 3 unspecified atom stereocenters. The van der Waals surface area contributed by atoms with Crippen LogP contribution in [0.4, 0.5) is 0 Å². The first-order valence-corrected chi connectivity index (χ1v) is 7.76. The summed E-state index contributed by atoms with van der Waals surface area (Å²) in [7, 11) is 0. The van der Waals surface area contributed by atoms with Crippen LogP contribution in [0.25, 0.3) is 0 Å². The molecule has 1 saturated heterocycles. The minimum absolute atomic E-state index is 0.111. The van der Waals surface area contributed by atoms with E-state index >= 15 is 0 Å². The fourth-order valence-electron chi connectivity index (χ4n) is 2.52. The van der Waals surface area contributed by atoms with Crippen molar-refractivity contribution in [2.24, 2.45) is 17.6 Å². The normalized spacial score (nSPS) is 22.2. The van der Waals surface area contributed by atoms with Crippen LogP contribution in [0.5, 0.6) is 0 Å². The van der Waals surface area contributed by atoms with Crippen LogP contribution in [0, 0.1) is 11.8 Å². The van der Waals surface area contributed by atoms with E-state index in [0.717, 1.165) is 32.4 Å². The maximum atomic E-state index is 12.3. The second-order valence-electron chi connectivity index (χ2n) is 5.99. The fraction of sp³-hybridized carbons (Fsp3) is 0.867. The first kappa shape index (κ1) is 17.0. The number of piperidine rings is 1. The SMILES string of the molecule is CCCC(=O)NCC1CCCN(C(=O)C(C)C(C)N)C1. The lowest BCUT2D eigenvalue weighted by molar-refractivity contribution is -0.137. The second-order valence-corrected chi connectivity index (χ2v) is 5.99. The van der Waals surface area contributed by atoms with E-state index in [1.165, 1.54) is 0 Å². The van der Waals surface area contributed by atoms with Crippen molar-refractivity contribution >= 4 is 11.8 Å². The van der Waals surface area contributed by atoms with Gasteiger partial charge in [0.05, 0.1) is 5.92 Å². The Morgan fingerprint density at radius 1 is 1.40 bits per heavy atom. The highest BCUT2D eigenvalue weighted by molar-refractivity contribution is 5.79. The zero-order valence-electron chi connectivity index (χ0n) is 13.0. The Morgan fingerprint density at radius 2 is 2.10 bits per heavy atom. The number of hydrogen-bond acceptors (Lipinski definition) is 3. The van der Waals surface area contributed by atoms with Crippen LogP contribution < -0.4 is 11.1 Å². The van der Waals surface area contributed by atoms with Crippen molar-refractivity contribution in [1.82, 2.24) is 10.2 Å². The van der Waals surface area contributed by atoms with Crippen LogP contribution >= 0.6 is 0 Å². The van der Waals surface area contributed by atoms with Crippen molar-refractivity contribution in [3.63, 3.8) is 0 Å². The zero-order chi connectivity index (χ0) is 15.1. The molecular weight excluding hydrogens is 254 g/mol. The summed E-state index contributed by atoms with van der Waals surface area (Å²) in [5, 5.41) is 2.96. The standard InChI is InChI=1S/C15H29N3O2/c1-4-6-14(19)17-9-13-7-5-8-18(10-13)15(20)11(2)12(3)16/h11-13H,4-10,16H2,1-3H3,(H,17,19). The Labute approximate surface area is 122 Å². The number of nitrogens with zero attached hydrogens (tertiary/aromatic N) is 1. The molecule has 0 aromatic rings. The summed E-state index contributed by atoms with van der Waals surface area (Å²) in [4.78, 5) is 25.7. The van der Waals surface area contributed by atoms with Gasteiger partial charge in [0.1, 0.15) is 0 Å². The average Bonchev–Trinajstić information content (AvgIpc) is 2.44. The number of hydrogen-bond donors (Lipinski definition) is 2. The van der Waals surface area contributed by atoms with Crippen LogP contribution in [0.3, 0.4) is 0 Å². The van der Waals surface area contributed by atoms with E-state index < -0.39 is 0 Å². The summed E-state index contributed by atoms with van der Waals surface area (Å²) in [6, 6.07) is -0.118. The number of likely N-dealkylation sites (tertiary alicyclic amines) is 1. The van der Waals surface area contributed by atoms with Gasteiger partial charge in [-0.25, -0.2) is 0 Å². The fourth-order valence-corrected chi connectivity index (χ4v) is 2.52. The topological polar surface area (TPSA) is 75.4 Å². The van der Waals surface area contributed by atoms with Gasteiger partial charge in [0, 0.05) is 32.1 Å². The third-order valence-corrected chi connectivity index (χ3v) is 4.07. The number of carbonyl (C=O) groups is 2. The quantitative estimate of drug-likeness (QED) is 0.767. The predicted molar refractivity (Wildman–Crippen MR) is 80.0 cm³/mol. The molecule has 1 aliphatic rings. The number of carbonyl (C=O) groups excluding carboxylic acids is 2. The van der Waals surface area contributed by atoms with Gasteiger partial charge in [-0.2, -0.15) is 0 Å². The summed E-state index contributed by atoms with van der Waals surface area (Å²) in [5.74, 6) is 0.488. The van der Waals surface area contributed by atoms with Gasteiger partial charge in [0.2, 0.25) is 11.8 Å². The Hall–Kier alpha value is -1.10. The van der Waals surface area contributed by atoms with Crippen molar-refractivity contribution in [2.75, 3.05) is 19.6 Å². The highest BCUT2D eigenvalue weighted by Gasteiger charge is 2.28. The molecule has 1 heterocycles. The molecule has 0 bridgehead atoms. The second kappa shape index (κ2) is 8.25. The molecule has 3 atom stereocenters. The van der Waals surface area contributed by atoms with Crippen LogP contribution in [-0.2, 0) is 9.59 Å². The van der Waals surface area contributed by atoms with Crippen LogP contribution in [0.1, 0.15) is 46.5 Å². The Morgan fingerprint density at radius 3 is 2.70 bits per heavy atom. The molecule has 116 valence electrons. The van der Waals surface area contributed by atoms with Gasteiger partial charge >= 0.3 is 0 Å². The van der Waals surface area contributed by atoms with E-state index in [4.69, 9.17) is 5.73 Å². The van der Waals surface area contributed by atoms with E-state index in [9.17, 15) is 9.59 Å². The van der Waals surface area contributed by atoms with Gasteiger partial charge in [0.25, 0.3) is 0 Å². The van der Waals surface area contributed by atoms with Crippen LogP contribution in [0.2, 0.25) is 0 Å². The largest absolute Gasteiger partial charge is 0.356 e. The summed E-state index contributed by atoms with van der Waals surface area (Å²) in [6.07, 6.45) is 3.53. The molecule has 5 heteroatoms. The molecule has 2 amide bonds. The van der Waals surface area contributed by atoms with E-state index in [2.05, 4.69) is 5.32 Å². The number of rotatable bonds is 6. The molecule has 0 saturated carbocycles. The average molecular weight is 283 g/mol. The van der Waals surface area contributed by atoms with Crippen LogP contribution in [0.15, 0.2) is 0 Å². The van der Waals surface area contributed by atoms with Gasteiger partial charge in [-0.1, -0.05) is 13.8 Å². The summed E-state index contributed by atoms with van der Waals surface area (Å²) in [6.45, 7) is 7.98. The predicted octanol–water partition coefficient (Wildman–Crippen LogP) is 1.12. The molecule has 5 nitrogen and oxygen atoms in total. The smallest absolute Gasteiger partial charge is 0.226 e.